The fraction of sp³-hybridized carbons (Fsp3) is 0.318. The molecule has 0 bridgehead atoms. The summed E-state index contributed by atoms with van der Waals surface area (Å²) in [6.07, 6.45) is 7.04. The Morgan fingerprint density at radius 1 is 1.17 bits per heavy atom. The number of fused-ring (bicyclic) bond motifs is 1. The van der Waals surface area contributed by atoms with Crippen molar-refractivity contribution >= 4 is 17.1 Å². The number of hydrogen-bond donors (Lipinski definition) is 0. The Bertz CT molecular complexity index is 1230. The van der Waals surface area contributed by atoms with Crippen LogP contribution in [-0.4, -0.2) is 27.0 Å². The van der Waals surface area contributed by atoms with E-state index in [0.29, 0.717) is 12.2 Å². The third kappa shape index (κ3) is 2.44. The number of nitriles is 2. The molecule has 1 aliphatic heterocycles. The first kappa shape index (κ1) is 17.4. The first-order valence-electron chi connectivity index (χ1n) is 9.65. The van der Waals surface area contributed by atoms with Crippen molar-refractivity contribution < 1.29 is 4.79 Å². The molecule has 1 saturated heterocycles. The largest absolute Gasteiger partial charge is 0.309 e. The molecule has 5 rings (SSSR count). The van der Waals surface area contributed by atoms with Crippen LogP contribution in [0.3, 0.4) is 0 Å². The van der Waals surface area contributed by atoms with Crippen LogP contribution in [0.5, 0.6) is 0 Å². The van der Waals surface area contributed by atoms with E-state index >= 15 is 0 Å². The quantitative estimate of drug-likeness (QED) is 0.693. The lowest BCUT2D eigenvalue weighted by atomic mass is 9.75. The molecule has 3 aromatic heterocycles. The van der Waals surface area contributed by atoms with Crippen LogP contribution >= 0.6 is 0 Å². The number of nitrogens with zero attached hydrogens (tertiary/aromatic N) is 6. The Balaban J connectivity index is 1.60. The van der Waals surface area contributed by atoms with E-state index in [0.717, 1.165) is 35.2 Å². The molecule has 1 saturated carbocycles. The molecule has 1 aliphatic carbocycles. The van der Waals surface area contributed by atoms with E-state index in [2.05, 4.69) is 22.2 Å². The van der Waals surface area contributed by atoms with Crippen LogP contribution in [0.2, 0.25) is 0 Å². The normalized spacial score (nSPS) is 23.9. The van der Waals surface area contributed by atoms with Crippen molar-refractivity contribution in [1.29, 1.82) is 10.5 Å². The van der Waals surface area contributed by atoms with E-state index in [1.165, 1.54) is 0 Å². The lowest BCUT2D eigenvalue weighted by Crippen LogP contribution is -2.37. The van der Waals surface area contributed by atoms with Crippen molar-refractivity contribution in [2.45, 2.75) is 19.8 Å². The van der Waals surface area contributed by atoms with Gasteiger partial charge in [0.25, 0.3) is 0 Å². The summed E-state index contributed by atoms with van der Waals surface area (Å²) in [5.41, 5.74) is 2.73. The van der Waals surface area contributed by atoms with Gasteiger partial charge in [0.15, 0.2) is 0 Å². The fourth-order valence-electron chi connectivity index (χ4n) is 4.56. The highest BCUT2D eigenvalue weighted by atomic mass is 16.2. The van der Waals surface area contributed by atoms with Crippen molar-refractivity contribution in [2.75, 3.05) is 11.4 Å². The van der Waals surface area contributed by atoms with Crippen molar-refractivity contribution in [3.05, 3.63) is 48.5 Å². The summed E-state index contributed by atoms with van der Waals surface area (Å²) in [7, 11) is 0. The zero-order chi connectivity index (χ0) is 20.2. The minimum atomic E-state index is -0.914. The smallest absolute Gasteiger partial charge is 0.248 e. The molecule has 0 aromatic carbocycles. The topological polar surface area (TPSA) is 98.1 Å². The van der Waals surface area contributed by atoms with Gasteiger partial charge in [0.2, 0.25) is 5.91 Å². The lowest BCUT2D eigenvalue weighted by Gasteiger charge is -2.23. The van der Waals surface area contributed by atoms with Gasteiger partial charge < -0.3 is 4.90 Å². The minimum Gasteiger partial charge on any atom is -0.309 e. The zero-order valence-electron chi connectivity index (χ0n) is 15.9. The van der Waals surface area contributed by atoms with E-state index in [9.17, 15) is 10.1 Å². The summed E-state index contributed by atoms with van der Waals surface area (Å²) >= 11 is 0. The molecule has 142 valence electrons. The zero-order valence-corrected chi connectivity index (χ0v) is 15.9. The number of aromatic nitrogens is 3. The van der Waals surface area contributed by atoms with Gasteiger partial charge in [-0.05, 0) is 48.6 Å². The van der Waals surface area contributed by atoms with Crippen molar-refractivity contribution in [1.82, 2.24) is 14.6 Å². The first-order chi connectivity index (χ1) is 14.1. The van der Waals surface area contributed by atoms with Crippen LogP contribution in [-0.2, 0) is 4.79 Å². The average molecular weight is 382 g/mol. The number of pyridine rings is 1. The van der Waals surface area contributed by atoms with Crippen LogP contribution in [0.1, 0.15) is 25.5 Å². The molecular formula is C22H18N6O. The van der Waals surface area contributed by atoms with E-state index in [1.54, 1.807) is 27.9 Å². The molecule has 2 atom stereocenters. The standard InChI is InChI=1S/C22H18N6O/c1-14-11-27(21(29)22(14,13-24)17-2-3-17)19-5-7-26-28-12-16(9-20(19)28)15-4-6-25-18(8-15)10-23/h4-9,12,14,17H,2-3,11H2,1H3/t14-,22+/m1/s1. The molecule has 7 nitrogen and oxygen atoms in total. The fourth-order valence-corrected chi connectivity index (χ4v) is 4.56. The second kappa shape index (κ2) is 6.15. The second-order valence-electron chi connectivity index (χ2n) is 7.89. The first-order valence-corrected chi connectivity index (χ1v) is 9.65. The Morgan fingerprint density at radius 3 is 2.72 bits per heavy atom. The van der Waals surface area contributed by atoms with Gasteiger partial charge in [-0.25, -0.2) is 9.50 Å². The monoisotopic (exact) mass is 382 g/mol. The Morgan fingerprint density at radius 2 is 2.00 bits per heavy atom. The highest BCUT2D eigenvalue weighted by molar-refractivity contribution is 6.05. The Hall–Kier alpha value is -3.71. The van der Waals surface area contributed by atoms with Gasteiger partial charge in [0.1, 0.15) is 17.2 Å². The maximum absolute atomic E-state index is 13.4. The second-order valence-corrected chi connectivity index (χ2v) is 7.89. The third-order valence-corrected chi connectivity index (χ3v) is 6.22. The van der Waals surface area contributed by atoms with Crippen molar-refractivity contribution in [2.24, 2.45) is 17.3 Å². The average Bonchev–Trinajstić information content (AvgIpc) is 3.44. The van der Waals surface area contributed by atoms with Gasteiger partial charge in [-0.2, -0.15) is 15.6 Å². The Labute approximate surface area is 167 Å². The molecule has 7 heteroatoms. The van der Waals surface area contributed by atoms with Gasteiger partial charge >= 0.3 is 0 Å². The molecular weight excluding hydrogens is 364 g/mol. The van der Waals surface area contributed by atoms with E-state index in [4.69, 9.17) is 5.26 Å². The maximum Gasteiger partial charge on any atom is 0.248 e. The molecule has 4 heterocycles. The molecule has 2 aliphatic rings. The third-order valence-electron chi connectivity index (χ3n) is 6.22. The summed E-state index contributed by atoms with van der Waals surface area (Å²) in [5.74, 6) is 0.0523. The van der Waals surface area contributed by atoms with Gasteiger partial charge in [-0.1, -0.05) is 6.92 Å². The summed E-state index contributed by atoms with van der Waals surface area (Å²) in [6, 6.07) is 11.8. The van der Waals surface area contributed by atoms with Crippen LogP contribution in [0.4, 0.5) is 5.69 Å². The van der Waals surface area contributed by atoms with Gasteiger partial charge in [-0.15, -0.1) is 0 Å². The molecule has 0 spiro atoms. The highest BCUT2D eigenvalue weighted by Crippen LogP contribution is 2.54. The van der Waals surface area contributed by atoms with Gasteiger partial charge in [0, 0.05) is 36.6 Å². The number of amides is 1. The van der Waals surface area contributed by atoms with Crippen LogP contribution in [0.25, 0.3) is 16.6 Å². The van der Waals surface area contributed by atoms with E-state index < -0.39 is 5.41 Å². The molecule has 1 amide bonds. The summed E-state index contributed by atoms with van der Waals surface area (Å²) in [5, 5.41) is 23.4. The SMILES string of the molecule is C[C@@H]1CN(c2ccnn3cc(-c4ccnc(C#N)c4)cc23)C(=O)[C@]1(C#N)C1CC1. The molecule has 0 N–H and O–H groups in total. The number of hydrogen-bond acceptors (Lipinski definition) is 5. The van der Waals surface area contributed by atoms with E-state index in [1.807, 2.05) is 31.3 Å². The number of carbonyl (C=O) groups excluding carboxylic acids is 1. The molecule has 3 aromatic rings. The molecule has 2 fully saturated rings. The van der Waals surface area contributed by atoms with Crippen LogP contribution in [0, 0.1) is 39.9 Å². The summed E-state index contributed by atoms with van der Waals surface area (Å²) < 4.78 is 1.73. The van der Waals surface area contributed by atoms with Crippen molar-refractivity contribution in [3.63, 3.8) is 0 Å². The van der Waals surface area contributed by atoms with Crippen LogP contribution in [0.15, 0.2) is 42.9 Å². The Kier molecular flexibility index (Phi) is 3.69. The number of anilines is 1. The number of rotatable bonds is 3. The molecule has 29 heavy (non-hydrogen) atoms. The number of carbonyl (C=O) groups is 1. The minimum absolute atomic E-state index is 0.0199. The maximum atomic E-state index is 13.4. The molecule has 0 unspecified atom stereocenters. The molecule has 0 radical (unpaired) electrons. The van der Waals surface area contributed by atoms with E-state index in [-0.39, 0.29) is 17.7 Å². The van der Waals surface area contributed by atoms with Gasteiger partial charge in [0.05, 0.1) is 17.3 Å². The predicted octanol–water partition coefficient (Wildman–Crippen LogP) is 3.17. The summed E-state index contributed by atoms with van der Waals surface area (Å²) in [6.45, 7) is 2.53. The highest BCUT2D eigenvalue weighted by Gasteiger charge is 2.61. The summed E-state index contributed by atoms with van der Waals surface area (Å²) in [4.78, 5) is 19.2. The van der Waals surface area contributed by atoms with Gasteiger partial charge in [-0.3, -0.25) is 4.79 Å². The lowest BCUT2D eigenvalue weighted by molar-refractivity contribution is -0.124. The van der Waals surface area contributed by atoms with Crippen LogP contribution < -0.4 is 4.90 Å². The predicted molar refractivity (Wildman–Crippen MR) is 105 cm³/mol. The van der Waals surface area contributed by atoms with Crippen molar-refractivity contribution in [3.8, 4) is 23.3 Å².